The Balaban J connectivity index is 1.84. The van der Waals surface area contributed by atoms with Gasteiger partial charge in [-0.05, 0) is 70.5 Å². The van der Waals surface area contributed by atoms with E-state index < -0.39 is 0 Å². The van der Waals surface area contributed by atoms with Crippen LogP contribution in [0.3, 0.4) is 0 Å². The molecule has 0 radical (unpaired) electrons. The molecule has 156 valence electrons. The Morgan fingerprint density at radius 3 is 2.25 bits per heavy atom. The van der Waals surface area contributed by atoms with Crippen LogP contribution in [0.15, 0.2) is 6.07 Å². The molecule has 0 bridgehead atoms. The first-order valence-electron chi connectivity index (χ1n) is 10.7. The van der Waals surface area contributed by atoms with E-state index in [0.29, 0.717) is 17.0 Å². The van der Waals surface area contributed by atoms with E-state index in [1.807, 2.05) is 0 Å². The molecule has 28 heavy (non-hydrogen) atoms. The second-order valence-electron chi connectivity index (χ2n) is 9.60. The molecule has 0 aromatic carbocycles. The number of rotatable bonds is 3. The van der Waals surface area contributed by atoms with Gasteiger partial charge in [0.2, 0.25) is 5.95 Å². The summed E-state index contributed by atoms with van der Waals surface area (Å²) in [5, 5.41) is 7.08. The van der Waals surface area contributed by atoms with Crippen molar-refractivity contribution in [1.82, 2.24) is 15.3 Å². The number of hydrogen-bond donors (Lipinski definition) is 2. The van der Waals surface area contributed by atoms with E-state index >= 15 is 0 Å². The number of nitrogens with zero attached hydrogens (tertiary/aromatic N) is 4. The third-order valence-corrected chi connectivity index (χ3v) is 5.71. The van der Waals surface area contributed by atoms with E-state index in [0.717, 1.165) is 43.7 Å². The van der Waals surface area contributed by atoms with Crippen LogP contribution in [0.4, 0.5) is 17.6 Å². The number of piperidine rings is 2. The van der Waals surface area contributed by atoms with Crippen LogP contribution in [0.2, 0.25) is 0 Å². The SMILES string of the molecule is CC1CCN(c2cc(N3CCC[C@@H](C)C3)nc(NC(=S)NC(C)(C)C)n2)CC1. The zero-order chi connectivity index (χ0) is 20.3. The van der Waals surface area contributed by atoms with Gasteiger partial charge in [0.15, 0.2) is 5.11 Å². The van der Waals surface area contributed by atoms with Crippen LogP contribution in [0.5, 0.6) is 0 Å². The molecule has 2 saturated heterocycles. The monoisotopic (exact) mass is 404 g/mol. The molecular formula is C21H36N6S. The average Bonchev–Trinajstić information content (AvgIpc) is 2.60. The first-order valence-corrected chi connectivity index (χ1v) is 11.1. The van der Waals surface area contributed by atoms with Crippen molar-refractivity contribution in [2.24, 2.45) is 11.8 Å². The molecule has 2 fully saturated rings. The number of aromatic nitrogens is 2. The maximum absolute atomic E-state index is 5.49. The van der Waals surface area contributed by atoms with E-state index in [1.165, 1.54) is 25.7 Å². The van der Waals surface area contributed by atoms with Crippen LogP contribution in [-0.4, -0.2) is 46.8 Å². The molecule has 3 rings (SSSR count). The minimum Gasteiger partial charge on any atom is -0.358 e. The number of nitrogens with one attached hydrogen (secondary N) is 2. The van der Waals surface area contributed by atoms with E-state index in [1.54, 1.807) is 0 Å². The molecular weight excluding hydrogens is 368 g/mol. The fourth-order valence-electron chi connectivity index (χ4n) is 3.91. The van der Waals surface area contributed by atoms with E-state index in [9.17, 15) is 0 Å². The van der Waals surface area contributed by atoms with Gasteiger partial charge in [0.05, 0.1) is 0 Å². The van der Waals surface area contributed by atoms with Gasteiger partial charge in [0.25, 0.3) is 0 Å². The van der Waals surface area contributed by atoms with Crippen LogP contribution in [0.1, 0.15) is 60.3 Å². The van der Waals surface area contributed by atoms with Crippen LogP contribution in [-0.2, 0) is 0 Å². The molecule has 1 aromatic heterocycles. The number of thiocarbonyl (C=S) groups is 1. The molecule has 6 nitrogen and oxygen atoms in total. The maximum atomic E-state index is 5.49. The lowest BCUT2D eigenvalue weighted by Crippen LogP contribution is -2.43. The first-order chi connectivity index (χ1) is 13.2. The molecule has 1 aromatic rings. The second kappa shape index (κ2) is 8.80. The van der Waals surface area contributed by atoms with Gasteiger partial charge < -0.3 is 20.4 Å². The highest BCUT2D eigenvalue weighted by Gasteiger charge is 2.23. The molecule has 3 heterocycles. The summed E-state index contributed by atoms with van der Waals surface area (Å²) in [7, 11) is 0. The third kappa shape index (κ3) is 5.93. The van der Waals surface area contributed by atoms with Crippen molar-refractivity contribution in [3.05, 3.63) is 6.07 Å². The summed E-state index contributed by atoms with van der Waals surface area (Å²) in [4.78, 5) is 14.4. The largest absolute Gasteiger partial charge is 0.358 e. The van der Waals surface area contributed by atoms with Crippen molar-refractivity contribution in [2.75, 3.05) is 41.3 Å². The Kier molecular flexibility index (Phi) is 6.63. The molecule has 0 aliphatic carbocycles. The van der Waals surface area contributed by atoms with Crippen LogP contribution < -0.4 is 20.4 Å². The van der Waals surface area contributed by atoms with Crippen LogP contribution >= 0.6 is 12.2 Å². The highest BCUT2D eigenvalue weighted by Crippen LogP contribution is 2.28. The fourth-order valence-corrected chi connectivity index (χ4v) is 4.31. The van der Waals surface area contributed by atoms with Gasteiger partial charge in [-0.3, -0.25) is 0 Å². The van der Waals surface area contributed by atoms with Gasteiger partial charge in [-0.1, -0.05) is 13.8 Å². The number of anilines is 3. The summed E-state index contributed by atoms with van der Waals surface area (Å²) in [6, 6.07) is 2.17. The molecule has 1 atom stereocenters. The Hall–Kier alpha value is -1.63. The Morgan fingerprint density at radius 2 is 1.64 bits per heavy atom. The van der Waals surface area contributed by atoms with Gasteiger partial charge in [-0.15, -0.1) is 0 Å². The average molecular weight is 405 g/mol. The van der Waals surface area contributed by atoms with Crippen LogP contribution in [0.25, 0.3) is 0 Å². The molecule has 2 N–H and O–H groups in total. The van der Waals surface area contributed by atoms with Gasteiger partial charge in [-0.25, -0.2) is 0 Å². The van der Waals surface area contributed by atoms with Gasteiger partial charge in [0, 0.05) is 37.8 Å². The summed E-state index contributed by atoms with van der Waals surface area (Å²) in [6.45, 7) is 15.1. The quantitative estimate of drug-likeness (QED) is 0.738. The second-order valence-corrected chi connectivity index (χ2v) is 10.0. The van der Waals surface area contributed by atoms with Crippen LogP contribution in [0, 0.1) is 11.8 Å². The standard InChI is InChI=1S/C21H36N6S/c1-15-8-11-26(12-9-15)17-13-18(27-10-6-7-16(2)14-27)23-19(22-17)24-20(28)25-21(3,4)5/h13,15-16H,6-12,14H2,1-5H3,(H2,22,23,24,25,28)/t16-/m1/s1. The Bertz CT molecular complexity index is 678. The van der Waals surface area contributed by atoms with Crippen molar-refractivity contribution < 1.29 is 0 Å². The molecule has 2 aliphatic heterocycles. The molecule has 7 heteroatoms. The third-order valence-electron chi connectivity index (χ3n) is 5.50. The number of hydrogen-bond acceptors (Lipinski definition) is 5. The maximum Gasteiger partial charge on any atom is 0.232 e. The van der Waals surface area contributed by atoms with Crippen molar-refractivity contribution in [3.8, 4) is 0 Å². The topological polar surface area (TPSA) is 56.3 Å². The zero-order valence-corrected chi connectivity index (χ0v) is 18.9. The van der Waals surface area contributed by atoms with Crippen molar-refractivity contribution >= 4 is 34.9 Å². The molecule has 0 saturated carbocycles. The Labute approximate surface area is 175 Å². The summed E-state index contributed by atoms with van der Waals surface area (Å²) >= 11 is 5.49. The van der Waals surface area contributed by atoms with Crippen molar-refractivity contribution in [2.45, 2.75) is 65.8 Å². The highest BCUT2D eigenvalue weighted by molar-refractivity contribution is 7.80. The lowest BCUT2D eigenvalue weighted by molar-refractivity contribution is 0.435. The lowest BCUT2D eigenvalue weighted by atomic mass is 9.99. The fraction of sp³-hybridized carbons (Fsp3) is 0.762. The minimum atomic E-state index is -0.101. The Morgan fingerprint density at radius 1 is 1.00 bits per heavy atom. The lowest BCUT2D eigenvalue weighted by Gasteiger charge is -2.34. The highest BCUT2D eigenvalue weighted by atomic mass is 32.1. The van der Waals surface area contributed by atoms with Gasteiger partial charge in [0.1, 0.15) is 11.6 Å². The van der Waals surface area contributed by atoms with E-state index in [-0.39, 0.29) is 5.54 Å². The van der Waals surface area contributed by atoms with E-state index in [4.69, 9.17) is 22.2 Å². The summed E-state index contributed by atoms with van der Waals surface area (Å²) in [5.74, 6) is 4.10. The minimum absolute atomic E-state index is 0.101. The predicted molar refractivity (Wildman–Crippen MR) is 122 cm³/mol. The molecule has 2 aliphatic rings. The smallest absolute Gasteiger partial charge is 0.232 e. The van der Waals surface area contributed by atoms with Crippen molar-refractivity contribution in [3.63, 3.8) is 0 Å². The summed E-state index contributed by atoms with van der Waals surface area (Å²) < 4.78 is 0. The van der Waals surface area contributed by atoms with E-state index in [2.05, 4.69) is 61.1 Å². The summed E-state index contributed by atoms with van der Waals surface area (Å²) in [5.41, 5.74) is -0.101. The zero-order valence-electron chi connectivity index (χ0n) is 18.1. The molecule has 0 unspecified atom stereocenters. The first kappa shape index (κ1) is 21.1. The normalized spacial score (nSPS) is 21.5. The summed E-state index contributed by atoms with van der Waals surface area (Å²) in [6.07, 6.45) is 4.94. The van der Waals surface area contributed by atoms with Crippen molar-refractivity contribution in [1.29, 1.82) is 0 Å². The van der Waals surface area contributed by atoms with Gasteiger partial charge in [-0.2, -0.15) is 9.97 Å². The van der Waals surface area contributed by atoms with Gasteiger partial charge >= 0.3 is 0 Å². The predicted octanol–water partition coefficient (Wildman–Crippen LogP) is 4.03. The molecule has 0 amide bonds. The molecule has 0 spiro atoms.